The number of ketones is 1. The highest BCUT2D eigenvalue weighted by Gasteiger charge is 2.24. The summed E-state index contributed by atoms with van der Waals surface area (Å²) in [6.45, 7) is 5.85. The lowest BCUT2D eigenvalue weighted by Crippen LogP contribution is -2.16. The summed E-state index contributed by atoms with van der Waals surface area (Å²) in [5.74, 6) is -2.39. The molecule has 1 N–H and O–H groups in total. The van der Waals surface area contributed by atoms with Gasteiger partial charge in [0.05, 0.1) is 5.69 Å². The number of hydrogen-bond donors (Lipinski definition) is 1. The smallest absolute Gasteiger partial charge is 0.378 e. The fourth-order valence-electron chi connectivity index (χ4n) is 1.16. The molecule has 0 bridgehead atoms. The van der Waals surface area contributed by atoms with Crippen molar-refractivity contribution in [3.05, 3.63) is 17.5 Å². The van der Waals surface area contributed by atoms with Crippen LogP contribution >= 0.6 is 0 Å². The minimum absolute atomic E-state index is 0.104. The molecule has 5 heteroatoms. The lowest BCUT2D eigenvalue weighted by Gasteiger charge is -2.13. The van der Waals surface area contributed by atoms with Crippen molar-refractivity contribution in [1.82, 2.24) is 9.78 Å². The van der Waals surface area contributed by atoms with E-state index in [-0.39, 0.29) is 11.1 Å². The van der Waals surface area contributed by atoms with Crippen molar-refractivity contribution in [3.63, 3.8) is 0 Å². The number of aliphatic carboxylic acids is 1. The van der Waals surface area contributed by atoms with Gasteiger partial charge in [-0.2, -0.15) is 5.10 Å². The Balaban J connectivity index is 3.18. The Morgan fingerprint density at radius 2 is 1.93 bits per heavy atom. The van der Waals surface area contributed by atoms with E-state index in [1.807, 2.05) is 20.8 Å². The van der Waals surface area contributed by atoms with Crippen LogP contribution in [-0.4, -0.2) is 26.6 Å². The number of Topliss-reactive ketones (excluding diaryl/α,β-unsaturated/α-hetero) is 1. The van der Waals surface area contributed by atoms with Gasteiger partial charge in [-0.05, 0) is 6.07 Å². The molecule has 0 amide bonds. The maximum atomic E-state index is 11.2. The molecule has 15 heavy (non-hydrogen) atoms. The van der Waals surface area contributed by atoms with E-state index in [9.17, 15) is 9.59 Å². The molecule has 0 radical (unpaired) electrons. The normalized spacial score (nSPS) is 11.5. The average Bonchev–Trinajstić information content (AvgIpc) is 2.45. The lowest BCUT2D eigenvalue weighted by atomic mass is 9.92. The first kappa shape index (κ1) is 11.4. The number of nitrogens with zero attached hydrogens (tertiary/aromatic N) is 2. The Kier molecular flexibility index (Phi) is 2.66. The lowest BCUT2D eigenvalue weighted by molar-refractivity contribution is -0.131. The van der Waals surface area contributed by atoms with Gasteiger partial charge in [0.1, 0.15) is 5.69 Å². The second-order valence-corrected chi connectivity index (χ2v) is 4.42. The number of aromatic nitrogens is 2. The van der Waals surface area contributed by atoms with E-state index >= 15 is 0 Å². The number of carboxylic acids is 1. The highest BCUT2D eigenvalue weighted by molar-refractivity contribution is 6.39. The van der Waals surface area contributed by atoms with E-state index in [0.717, 1.165) is 0 Å². The van der Waals surface area contributed by atoms with Crippen LogP contribution in [0.2, 0.25) is 0 Å². The molecule has 0 fully saturated rings. The average molecular weight is 210 g/mol. The van der Waals surface area contributed by atoms with Crippen molar-refractivity contribution >= 4 is 11.8 Å². The van der Waals surface area contributed by atoms with Gasteiger partial charge in [0.25, 0.3) is 5.78 Å². The number of carbonyl (C=O) groups excluding carboxylic acids is 1. The van der Waals surface area contributed by atoms with E-state index in [0.29, 0.717) is 5.69 Å². The molecule has 0 unspecified atom stereocenters. The van der Waals surface area contributed by atoms with Gasteiger partial charge >= 0.3 is 5.97 Å². The van der Waals surface area contributed by atoms with Gasteiger partial charge in [0, 0.05) is 12.5 Å². The largest absolute Gasteiger partial charge is 0.475 e. The first-order valence-electron chi connectivity index (χ1n) is 4.55. The molecule has 1 aromatic rings. The third-order valence-corrected chi connectivity index (χ3v) is 2.08. The van der Waals surface area contributed by atoms with Gasteiger partial charge in [-0.25, -0.2) is 4.79 Å². The maximum Gasteiger partial charge on any atom is 0.378 e. The quantitative estimate of drug-likeness (QED) is 0.583. The standard InChI is InChI=1S/C10H14N2O3/c1-10(2,3)7-5-6(12(4)11-7)8(13)9(14)15/h5H,1-4H3,(H,14,15). The predicted octanol–water partition coefficient (Wildman–Crippen LogP) is 0.985. The molecule has 5 nitrogen and oxygen atoms in total. The van der Waals surface area contributed by atoms with Crippen molar-refractivity contribution in [2.24, 2.45) is 7.05 Å². The molecule has 82 valence electrons. The first-order chi connectivity index (χ1) is 6.73. The summed E-state index contributed by atoms with van der Waals surface area (Å²) in [7, 11) is 1.56. The third kappa shape index (κ3) is 2.23. The van der Waals surface area contributed by atoms with Crippen LogP contribution in [0.15, 0.2) is 6.07 Å². The summed E-state index contributed by atoms with van der Waals surface area (Å²) in [5.41, 5.74) is 0.608. The zero-order valence-corrected chi connectivity index (χ0v) is 9.24. The number of hydrogen-bond acceptors (Lipinski definition) is 3. The SMILES string of the molecule is Cn1nc(C(C)(C)C)cc1C(=O)C(=O)O. The molecule has 1 rings (SSSR count). The predicted molar refractivity (Wildman–Crippen MR) is 53.9 cm³/mol. The van der Waals surface area contributed by atoms with Gasteiger partial charge in [-0.15, -0.1) is 0 Å². The first-order valence-corrected chi connectivity index (χ1v) is 4.55. The van der Waals surface area contributed by atoms with Crippen LogP contribution < -0.4 is 0 Å². The third-order valence-electron chi connectivity index (χ3n) is 2.08. The van der Waals surface area contributed by atoms with Crippen LogP contribution in [0.1, 0.15) is 37.0 Å². The van der Waals surface area contributed by atoms with E-state index in [4.69, 9.17) is 5.11 Å². The summed E-state index contributed by atoms with van der Waals surface area (Å²) in [5, 5.41) is 12.7. The molecule has 0 saturated heterocycles. The Hall–Kier alpha value is -1.65. The summed E-state index contributed by atoms with van der Waals surface area (Å²) < 4.78 is 1.30. The van der Waals surface area contributed by atoms with Gasteiger partial charge in [0.15, 0.2) is 0 Å². The maximum absolute atomic E-state index is 11.2. The molecule has 0 aliphatic carbocycles. The molecule has 0 spiro atoms. The van der Waals surface area contributed by atoms with E-state index in [1.54, 1.807) is 7.05 Å². The number of aryl methyl sites for hydroxylation is 1. The topological polar surface area (TPSA) is 72.2 Å². The highest BCUT2D eigenvalue weighted by atomic mass is 16.4. The summed E-state index contributed by atoms with van der Waals surface area (Å²) >= 11 is 0. The molecule has 0 atom stereocenters. The minimum atomic E-state index is -1.46. The number of carboxylic acid groups (broad SMARTS) is 1. The van der Waals surface area contributed by atoms with Crippen molar-refractivity contribution in [3.8, 4) is 0 Å². The zero-order chi connectivity index (χ0) is 11.8. The minimum Gasteiger partial charge on any atom is -0.475 e. The Labute approximate surface area is 87.7 Å². The second-order valence-electron chi connectivity index (χ2n) is 4.42. The molecular weight excluding hydrogens is 196 g/mol. The fraction of sp³-hybridized carbons (Fsp3) is 0.500. The second kappa shape index (κ2) is 3.49. The Bertz CT molecular complexity index is 413. The molecule has 1 heterocycles. The Morgan fingerprint density at radius 3 is 2.27 bits per heavy atom. The molecule has 0 saturated carbocycles. The van der Waals surface area contributed by atoms with Crippen LogP contribution in [0, 0.1) is 0 Å². The van der Waals surface area contributed by atoms with Crippen molar-refractivity contribution in [2.45, 2.75) is 26.2 Å². The summed E-state index contributed by atoms with van der Waals surface area (Å²) in [6.07, 6.45) is 0. The van der Waals surface area contributed by atoms with E-state index in [1.165, 1.54) is 10.7 Å². The summed E-state index contributed by atoms with van der Waals surface area (Å²) in [4.78, 5) is 21.8. The monoisotopic (exact) mass is 210 g/mol. The van der Waals surface area contributed by atoms with Crippen LogP contribution in [0.25, 0.3) is 0 Å². The Morgan fingerprint density at radius 1 is 1.40 bits per heavy atom. The molecule has 1 aromatic heterocycles. The van der Waals surface area contributed by atoms with Gasteiger partial charge < -0.3 is 5.11 Å². The van der Waals surface area contributed by atoms with Gasteiger partial charge in [0.2, 0.25) is 0 Å². The van der Waals surface area contributed by atoms with Gasteiger partial charge in [-0.1, -0.05) is 20.8 Å². The number of rotatable bonds is 2. The van der Waals surface area contributed by atoms with Crippen molar-refractivity contribution in [2.75, 3.05) is 0 Å². The number of carbonyl (C=O) groups is 2. The van der Waals surface area contributed by atoms with Crippen LogP contribution in [0.4, 0.5) is 0 Å². The van der Waals surface area contributed by atoms with Crippen LogP contribution in [0.3, 0.4) is 0 Å². The summed E-state index contributed by atoms with van der Waals surface area (Å²) in [6, 6.07) is 1.52. The highest BCUT2D eigenvalue weighted by Crippen LogP contribution is 2.21. The van der Waals surface area contributed by atoms with Crippen molar-refractivity contribution < 1.29 is 14.7 Å². The molecule has 0 aliphatic heterocycles. The van der Waals surface area contributed by atoms with E-state index in [2.05, 4.69) is 5.10 Å². The van der Waals surface area contributed by atoms with Crippen LogP contribution in [0.5, 0.6) is 0 Å². The van der Waals surface area contributed by atoms with Crippen LogP contribution in [-0.2, 0) is 17.3 Å². The van der Waals surface area contributed by atoms with Gasteiger partial charge in [-0.3, -0.25) is 9.48 Å². The molecular formula is C10H14N2O3. The molecule has 0 aliphatic rings. The zero-order valence-electron chi connectivity index (χ0n) is 9.24. The van der Waals surface area contributed by atoms with E-state index < -0.39 is 11.8 Å². The fourth-order valence-corrected chi connectivity index (χ4v) is 1.16. The van der Waals surface area contributed by atoms with Crippen molar-refractivity contribution in [1.29, 1.82) is 0 Å². The molecule has 0 aromatic carbocycles.